The topological polar surface area (TPSA) is 38.8 Å². The molecule has 1 aliphatic heterocycles. The molecule has 0 spiro atoms. The maximum Gasteiger partial charge on any atom is 0.266 e. The zero-order valence-corrected chi connectivity index (χ0v) is 16.3. The molecule has 1 aromatic carbocycles. The van der Waals surface area contributed by atoms with Crippen molar-refractivity contribution < 1.29 is 14.3 Å². The molecular formula is C19H23NO3S2. The normalized spacial score (nSPS) is 19.9. The Hall–Kier alpha value is -1.53. The molecule has 25 heavy (non-hydrogen) atoms. The third-order valence-electron chi connectivity index (χ3n) is 4.83. The van der Waals surface area contributed by atoms with Crippen LogP contribution in [0.5, 0.6) is 11.5 Å². The van der Waals surface area contributed by atoms with E-state index in [9.17, 15) is 4.79 Å². The zero-order valence-electron chi connectivity index (χ0n) is 14.6. The Morgan fingerprint density at radius 3 is 2.72 bits per heavy atom. The fraction of sp³-hybridized carbons (Fsp3) is 0.474. The molecule has 0 bridgehead atoms. The molecule has 1 aliphatic carbocycles. The van der Waals surface area contributed by atoms with Gasteiger partial charge in [0.15, 0.2) is 0 Å². The molecule has 1 saturated heterocycles. The molecule has 1 heterocycles. The highest BCUT2D eigenvalue weighted by Gasteiger charge is 2.32. The van der Waals surface area contributed by atoms with E-state index in [0.717, 1.165) is 30.2 Å². The smallest absolute Gasteiger partial charge is 0.266 e. The second-order valence-electron chi connectivity index (χ2n) is 6.38. The van der Waals surface area contributed by atoms with Crippen LogP contribution < -0.4 is 9.47 Å². The van der Waals surface area contributed by atoms with Gasteiger partial charge in [0, 0.05) is 12.1 Å². The van der Waals surface area contributed by atoms with Crippen LogP contribution >= 0.6 is 24.0 Å². The molecule has 1 saturated carbocycles. The number of nitrogens with zero attached hydrogens (tertiary/aromatic N) is 1. The molecule has 2 aliphatic rings. The van der Waals surface area contributed by atoms with Gasteiger partial charge >= 0.3 is 0 Å². The first-order chi connectivity index (χ1) is 12.1. The largest absolute Gasteiger partial charge is 0.497 e. The first kappa shape index (κ1) is 18.3. The third-order valence-corrected chi connectivity index (χ3v) is 6.21. The molecule has 0 radical (unpaired) electrons. The second-order valence-corrected chi connectivity index (χ2v) is 8.06. The summed E-state index contributed by atoms with van der Waals surface area (Å²) in [6.45, 7) is 0.724. The van der Waals surface area contributed by atoms with Crippen molar-refractivity contribution >= 4 is 40.3 Å². The summed E-state index contributed by atoms with van der Waals surface area (Å²) in [5.41, 5.74) is 0.818. The number of hydrogen-bond acceptors (Lipinski definition) is 5. The quantitative estimate of drug-likeness (QED) is 0.540. The lowest BCUT2D eigenvalue weighted by atomic mass is 10.0. The Kier molecular flexibility index (Phi) is 6.02. The Labute approximate surface area is 158 Å². The fourth-order valence-electron chi connectivity index (χ4n) is 3.40. The molecule has 134 valence electrons. The van der Waals surface area contributed by atoms with Crippen molar-refractivity contribution in [2.75, 3.05) is 20.8 Å². The van der Waals surface area contributed by atoms with Crippen LogP contribution in [0.15, 0.2) is 23.1 Å². The number of methoxy groups -OCH3 is 2. The molecule has 2 fully saturated rings. The van der Waals surface area contributed by atoms with Gasteiger partial charge in [-0.05, 0) is 36.6 Å². The van der Waals surface area contributed by atoms with Crippen molar-refractivity contribution in [3.63, 3.8) is 0 Å². The van der Waals surface area contributed by atoms with E-state index >= 15 is 0 Å². The van der Waals surface area contributed by atoms with E-state index < -0.39 is 0 Å². The summed E-state index contributed by atoms with van der Waals surface area (Å²) in [6, 6.07) is 5.54. The fourth-order valence-corrected chi connectivity index (χ4v) is 4.70. The minimum absolute atomic E-state index is 0.00197. The van der Waals surface area contributed by atoms with Crippen LogP contribution in [0.1, 0.15) is 37.7 Å². The second kappa shape index (κ2) is 8.23. The molecular weight excluding hydrogens is 354 g/mol. The Morgan fingerprint density at radius 1 is 1.28 bits per heavy atom. The highest BCUT2D eigenvalue weighted by Crippen LogP contribution is 2.36. The minimum Gasteiger partial charge on any atom is -0.497 e. The summed E-state index contributed by atoms with van der Waals surface area (Å²) in [7, 11) is 3.24. The molecule has 4 nitrogen and oxygen atoms in total. The number of ether oxygens (including phenoxy) is 2. The van der Waals surface area contributed by atoms with E-state index in [1.54, 1.807) is 19.1 Å². The number of amides is 1. The van der Waals surface area contributed by atoms with Gasteiger partial charge in [-0.25, -0.2) is 0 Å². The van der Waals surface area contributed by atoms with Crippen molar-refractivity contribution in [2.45, 2.75) is 32.1 Å². The van der Waals surface area contributed by atoms with Gasteiger partial charge < -0.3 is 9.47 Å². The molecule has 6 heteroatoms. The van der Waals surface area contributed by atoms with Gasteiger partial charge in [-0.2, -0.15) is 0 Å². The van der Waals surface area contributed by atoms with Crippen molar-refractivity contribution in [1.29, 1.82) is 0 Å². The van der Waals surface area contributed by atoms with E-state index in [1.807, 2.05) is 24.3 Å². The van der Waals surface area contributed by atoms with Crippen LogP contribution in [0.2, 0.25) is 0 Å². The number of hydrogen-bond donors (Lipinski definition) is 0. The summed E-state index contributed by atoms with van der Waals surface area (Å²) < 4.78 is 11.3. The number of rotatable bonds is 6. The Morgan fingerprint density at radius 2 is 2.04 bits per heavy atom. The van der Waals surface area contributed by atoms with Crippen LogP contribution in [-0.4, -0.2) is 35.9 Å². The summed E-state index contributed by atoms with van der Waals surface area (Å²) >= 11 is 6.80. The predicted molar refractivity (Wildman–Crippen MR) is 106 cm³/mol. The van der Waals surface area contributed by atoms with Gasteiger partial charge in [0.2, 0.25) is 0 Å². The molecule has 0 N–H and O–H groups in total. The number of benzene rings is 1. The zero-order chi connectivity index (χ0) is 17.8. The lowest BCUT2D eigenvalue weighted by molar-refractivity contribution is -0.122. The molecule has 1 amide bonds. The molecule has 1 aromatic rings. The van der Waals surface area contributed by atoms with E-state index in [0.29, 0.717) is 15.0 Å². The van der Waals surface area contributed by atoms with Crippen molar-refractivity contribution in [2.24, 2.45) is 5.92 Å². The molecule has 3 rings (SSSR count). The van der Waals surface area contributed by atoms with E-state index in [2.05, 4.69) is 0 Å². The average molecular weight is 378 g/mol. The van der Waals surface area contributed by atoms with E-state index in [4.69, 9.17) is 21.7 Å². The molecule has 0 unspecified atom stereocenters. The van der Waals surface area contributed by atoms with E-state index in [1.165, 1.54) is 37.4 Å². The summed E-state index contributed by atoms with van der Waals surface area (Å²) in [6.07, 6.45) is 8.09. The maximum atomic E-state index is 12.8. The lowest BCUT2D eigenvalue weighted by Gasteiger charge is -2.17. The van der Waals surface area contributed by atoms with Gasteiger partial charge in [0.05, 0.1) is 19.1 Å². The van der Waals surface area contributed by atoms with Gasteiger partial charge in [0.25, 0.3) is 5.91 Å². The van der Waals surface area contributed by atoms with Crippen LogP contribution in [0.4, 0.5) is 0 Å². The SMILES string of the molecule is COc1ccc(OC)c(C=C2SC(=S)N(CCC3CCCC3)C2=O)c1. The van der Waals surface area contributed by atoms with E-state index in [-0.39, 0.29) is 5.91 Å². The van der Waals surface area contributed by atoms with Crippen LogP contribution in [0.3, 0.4) is 0 Å². The Balaban J connectivity index is 1.75. The van der Waals surface area contributed by atoms with Crippen LogP contribution in [0, 0.1) is 5.92 Å². The molecule has 0 atom stereocenters. The Bertz CT molecular complexity index is 696. The number of carbonyl (C=O) groups excluding carboxylic acids is 1. The summed E-state index contributed by atoms with van der Waals surface area (Å²) in [5.74, 6) is 2.17. The third kappa shape index (κ3) is 4.18. The summed E-state index contributed by atoms with van der Waals surface area (Å²) in [5, 5.41) is 0. The maximum absolute atomic E-state index is 12.8. The lowest BCUT2D eigenvalue weighted by Crippen LogP contribution is -2.30. The predicted octanol–water partition coefficient (Wildman–Crippen LogP) is 4.49. The van der Waals surface area contributed by atoms with Gasteiger partial charge in [-0.15, -0.1) is 0 Å². The number of thiocarbonyl (C=S) groups is 1. The monoisotopic (exact) mass is 377 g/mol. The number of thioether (sulfide) groups is 1. The van der Waals surface area contributed by atoms with Crippen molar-refractivity contribution in [3.8, 4) is 11.5 Å². The van der Waals surface area contributed by atoms with Crippen LogP contribution in [-0.2, 0) is 4.79 Å². The highest BCUT2D eigenvalue weighted by molar-refractivity contribution is 8.26. The average Bonchev–Trinajstić information content (AvgIpc) is 3.22. The number of carbonyl (C=O) groups is 1. The minimum atomic E-state index is -0.00197. The highest BCUT2D eigenvalue weighted by atomic mass is 32.2. The van der Waals surface area contributed by atoms with Crippen molar-refractivity contribution in [3.05, 3.63) is 28.7 Å². The van der Waals surface area contributed by atoms with Crippen molar-refractivity contribution in [1.82, 2.24) is 4.90 Å². The standard InChI is InChI=1S/C19H23NO3S2/c1-22-15-7-8-16(23-2)14(11-15)12-17-18(21)20(19(24)25-17)10-9-13-5-3-4-6-13/h7-8,11-13H,3-6,9-10H2,1-2H3. The van der Waals surface area contributed by atoms with Crippen LogP contribution in [0.25, 0.3) is 6.08 Å². The van der Waals surface area contributed by atoms with Gasteiger partial charge in [0.1, 0.15) is 15.8 Å². The molecule has 0 aromatic heterocycles. The van der Waals surface area contributed by atoms with Gasteiger partial charge in [-0.1, -0.05) is 49.7 Å². The van der Waals surface area contributed by atoms with Gasteiger partial charge in [-0.3, -0.25) is 9.69 Å². The first-order valence-electron chi connectivity index (χ1n) is 8.59. The first-order valence-corrected chi connectivity index (χ1v) is 9.82. The summed E-state index contributed by atoms with van der Waals surface area (Å²) in [4.78, 5) is 15.1.